The van der Waals surface area contributed by atoms with Gasteiger partial charge in [0.2, 0.25) is 0 Å². The highest BCUT2D eigenvalue weighted by Crippen LogP contribution is 2.14. The van der Waals surface area contributed by atoms with E-state index in [4.69, 9.17) is 21.1 Å². The highest BCUT2D eigenvalue weighted by atomic mass is 16.6. The third kappa shape index (κ3) is 3.46. The molecule has 98 valence electrons. The largest absolute Gasteiger partial charge is 0.431 e. The summed E-state index contributed by atoms with van der Waals surface area (Å²) in [5.41, 5.74) is 6.69. The molecule has 0 aromatic carbocycles. The van der Waals surface area contributed by atoms with Gasteiger partial charge in [-0.2, -0.15) is 0 Å². The van der Waals surface area contributed by atoms with E-state index >= 15 is 0 Å². The molecule has 18 heavy (non-hydrogen) atoms. The van der Waals surface area contributed by atoms with Gasteiger partial charge in [0.05, 0.1) is 6.54 Å². The Kier molecular flexibility index (Phi) is 5.13. The van der Waals surface area contributed by atoms with Crippen LogP contribution in [0.3, 0.4) is 0 Å². The van der Waals surface area contributed by atoms with Crippen LogP contribution in [0, 0.1) is 10.8 Å². The number of rotatable bonds is 5. The summed E-state index contributed by atoms with van der Waals surface area (Å²) in [5.74, 6) is 0. The topological polar surface area (TPSA) is 126 Å². The lowest BCUT2D eigenvalue weighted by molar-refractivity contribution is 0.0656. The summed E-state index contributed by atoms with van der Waals surface area (Å²) in [4.78, 5) is 15.9. The molecule has 0 saturated carbocycles. The molecule has 1 amide bonds. The Morgan fingerprint density at radius 3 is 2.50 bits per heavy atom. The van der Waals surface area contributed by atoms with Crippen LogP contribution in [0.2, 0.25) is 0 Å². The zero-order valence-electron chi connectivity index (χ0n) is 10.0. The zero-order chi connectivity index (χ0) is 13.4. The van der Waals surface area contributed by atoms with Gasteiger partial charge in [-0.15, -0.1) is 0 Å². The Balaban J connectivity index is 2.69. The van der Waals surface area contributed by atoms with Gasteiger partial charge >= 0.3 is 6.09 Å². The lowest BCUT2D eigenvalue weighted by Gasteiger charge is -2.30. The summed E-state index contributed by atoms with van der Waals surface area (Å²) >= 11 is 0. The van der Waals surface area contributed by atoms with E-state index in [9.17, 15) is 4.79 Å². The smallest absolute Gasteiger partial charge is 0.411 e. The summed E-state index contributed by atoms with van der Waals surface area (Å²) in [7, 11) is 0. The minimum absolute atomic E-state index is 0.282. The zero-order valence-corrected chi connectivity index (χ0v) is 10.0. The molecule has 1 fully saturated rings. The van der Waals surface area contributed by atoms with Crippen LogP contribution in [0.15, 0.2) is 5.11 Å². The summed E-state index contributed by atoms with van der Waals surface area (Å²) in [6.45, 7) is 0.953. The number of carbonyl (C=O) groups is 1. The maximum Gasteiger partial charge on any atom is 0.411 e. The van der Waals surface area contributed by atoms with Gasteiger partial charge in [0, 0.05) is 30.4 Å². The van der Waals surface area contributed by atoms with Gasteiger partial charge in [-0.3, -0.25) is 0 Å². The Morgan fingerprint density at radius 1 is 1.39 bits per heavy atom. The summed E-state index contributed by atoms with van der Waals surface area (Å²) in [5, 5.41) is 17.7. The van der Waals surface area contributed by atoms with E-state index in [2.05, 4.69) is 10.0 Å². The molecule has 1 saturated heterocycles. The number of nitrogens with one attached hydrogen (secondary N) is 2. The number of piperidine rings is 1. The van der Waals surface area contributed by atoms with Gasteiger partial charge in [0.1, 0.15) is 0 Å². The summed E-state index contributed by atoms with van der Waals surface area (Å²) < 4.78 is 5.11. The number of amides is 1. The van der Waals surface area contributed by atoms with Crippen molar-refractivity contribution >= 4 is 18.5 Å². The van der Waals surface area contributed by atoms with Crippen molar-refractivity contribution < 1.29 is 9.53 Å². The van der Waals surface area contributed by atoms with Gasteiger partial charge in [0.25, 0.3) is 0 Å². The fourth-order valence-corrected chi connectivity index (χ4v) is 1.67. The third-order valence-corrected chi connectivity index (χ3v) is 2.76. The van der Waals surface area contributed by atoms with E-state index in [1.54, 1.807) is 4.90 Å². The van der Waals surface area contributed by atoms with Crippen molar-refractivity contribution in [3.05, 3.63) is 10.4 Å². The molecule has 1 heterocycles. The first kappa shape index (κ1) is 14.0. The quantitative estimate of drug-likeness (QED) is 0.336. The van der Waals surface area contributed by atoms with E-state index in [0.29, 0.717) is 13.1 Å². The third-order valence-electron chi connectivity index (χ3n) is 2.76. The molecule has 1 aliphatic heterocycles. The Morgan fingerprint density at radius 2 is 2.00 bits per heavy atom. The van der Waals surface area contributed by atoms with Crippen molar-refractivity contribution in [2.75, 3.05) is 19.6 Å². The van der Waals surface area contributed by atoms with E-state index in [-0.39, 0.29) is 6.54 Å². The van der Waals surface area contributed by atoms with Crippen molar-refractivity contribution in [3.63, 3.8) is 0 Å². The standard InChI is InChI=1S/C10H16N6O2/c11-6-10(7-12,8-14-15-13)18-9(17)16-4-2-1-3-5-16/h6-7,11-12H,1-5,8H2. The van der Waals surface area contributed by atoms with E-state index in [1.807, 2.05) is 0 Å². The fraction of sp³-hybridized carbons (Fsp3) is 0.700. The monoisotopic (exact) mass is 252 g/mol. The Hall–Kier alpha value is -2.08. The normalized spacial score (nSPS) is 18.1. The van der Waals surface area contributed by atoms with Crippen molar-refractivity contribution in [2.24, 2.45) is 5.11 Å². The van der Waals surface area contributed by atoms with E-state index < -0.39 is 11.7 Å². The van der Waals surface area contributed by atoms with Crippen LogP contribution in [-0.2, 0) is 4.74 Å². The number of nitrogens with zero attached hydrogens (tertiary/aromatic N) is 4. The molecule has 0 aromatic heterocycles. The van der Waals surface area contributed by atoms with Crippen molar-refractivity contribution in [1.82, 2.24) is 4.90 Å². The van der Waals surface area contributed by atoms with Crippen LogP contribution < -0.4 is 0 Å². The van der Waals surface area contributed by atoms with E-state index in [1.165, 1.54) is 0 Å². The van der Waals surface area contributed by atoms with Gasteiger partial charge in [-0.05, 0) is 24.8 Å². The van der Waals surface area contributed by atoms with Crippen LogP contribution in [-0.4, -0.2) is 48.7 Å². The predicted molar refractivity (Wildman–Crippen MR) is 66.2 cm³/mol. The number of hydrogen-bond donors (Lipinski definition) is 2. The first-order valence-electron chi connectivity index (χ1n) is 5.69. The van der Waals surface area contributed by atoms with Crippen LogP contribution in [0.1, 0.15) is 19.3 Å². The second-order valence-corrected chi connectivity index (χ2v) is 4.05. The van der Waals surface area contributed by atoms with Gasteiger partial charge in [0.15, 0.2) is 5.60 Å². The molecule has 0 aliphatic carbocycles. The van der Waals surface area contributed by atoms with Crippen LogP contribution >= 0.6 is 0 Å². The van der Waals surface area contributed by atoms with Crippen LogP contribution in [0.25, 0.3) is 10.4 Å². The number of hydrogen-bond acceptors (Lipinski definition) is 5. The highest BCUT2D eigenvalue weighted by molar-refractivity contribution is 5.93. The molecule has 1 rings (SSSR count). The van der Waals surface area contributed by atoms with Gasteiger partial charge in [-0.1, -0.05) is 5.11 Å². The number of carbonyl (C=O) groups excluding carboxylic acids is 1. The van der Waals surface area contributed by atoms with Crippen LogP contribution in [0.4, 0.5) is 4.79 Å². The lowest BCUT2D eigenvalue weighted by atomic mass is 10.1. The maximum atomic E-state index is 11.9. The molecule has 0 aromatic rings. The predicted octanol–water partition coefficient (Wildman–Crippen LogP) is 1.96. The van der Waals surface area contributed by atoms with Gasteiger partial charge in [-0.25, -0.2) is 4.79 Å². The molecule has 0 spiro atoms. The van der Waals surface area contributed by atoms with Crippen LogP contribution in [0.5, 0.6) is 0 Å². The highest BCUT2D eigenvalue weighted by Gasteiger charge is 2.31. The molecule has 0 unspecified atom stereocenters. The molecule has 0 radical (unpaired) electrons. The molecular formula is C10H16N6O2. The SMILES string of the molecule is [N-]=[N+]=NCC(C=N)(C=N)OC(=O)N1CCCCC1. The number of ether oxygens (including phenoxy) is 1. The molecule has 2 N–H and O–H groups in total. The minimum Gasteiger partial charge on any atom is -0.431 e. The second kappa shape index (κ2) is 6.61. The molecule has 8 heteroatoms. The number of likely N-dealkylation sites (tertiary alicyclic amines) is 1. The summed E-state index contributed by atoms with van der Waals surface area (Å²) in [6.07, 6.45) is 3.96. The first-order valence-corrected chi connectivity index (χ1v) is 5.69. The average Bonchev–Trinajstić information content (AvgIpc) is 2.44. The first-order chi connectivity index (χ1) is 8.67. The molecule has 0 atom stereocenters. The van der Waals surface area contributed by atoms with Crippen molar-refractivity contribution in [2.45, 2.75) is 24.9 Å². The maximum absolute atomic E-state index is 11.9. The minimum atomic E-state index is -1.57. The Labute approximate surface area is 105 Å². The molecule has 0 bridgehead atoms. The average molecular weight is 252 g/mol. The second-order valence-electron chi connectivity index (χ2n) is 4.05. The molecular weight excluding hydrogens is 236 g/mol. The lowest BCUT2D eigenvalue weighted by Crippen LogP contribution is -2.46. The van der Waals surface area contributed by atoms with Crippen molar-refractivity contribution in [1.29, 1.82) is 10.8 Å². The number of azide groups is 1. The van der Waals surface area contributed by atoms with E-state index in [0.717, 1.165) is 31.7 Å². The van der Waals surface area contributed by atoms with Crippen molar-refractivity contribution in [3.8, 4) is 0 Å². The summed E-state index contributed by atoms with van der Waals surface area (Å²) in [6, 6.07) is 0. The fourth-order valence-electron chi connectivity index (χ4n) is 1.67. The van der Waals surface area contributed by atoms with Gasteiger partial charge < -0.3 is 20.5 Å². The molecule has 1 aliphatic rings. The Bertz CT molecular complexity index is 363. The molecule has 8 nitrogen and oxygen atoms in total.